The van der Waals surface area contributed by atoms with Crippen molar-refractivity contribution in [1.29, 1.82) is 0 Å². The zero-order valence-electron chi connectivity index (χ0n) is 9.03. The fourth-order valence-electron chi connectivity index (χ4n) is 1.20. The first-order chi connectivity index (χ1) is 7.84. The SMILES string of the molecule is CCC(=CCn1ccc(C(F)(F)F)n1)C(=O)O. The van der Waals surface area contributed by atoms with E-state index in [0.29, 0.717) is 6.42 Å². The maximum atomic E-state index is 12.2. The van der Waals surface area contributed by atoms with E-state index in [2.05, 4.69) is 5.10 Å². The Morgan fingerprint density at radius 2 is 2.24 bits per heavy atom. The summed E-state index contributed by atoms with van der Waals surface area (Å²) >= 11 is 0. The summed E-state index contributed by atoms with van der Waals surface area (Å²) in [6, 6.07) is 0.847. The average Bonchev–Trinajstić information content (AvgIpc) is 2.66. The van der Waals surface area contributed by atoms with E-state index in [1.54, 1.807) is 6.92 Å². The molecule has 1 heterocycles. The van der Waals surface area contributed by atoms with Gasteiger partial charge in [0.2, 0.25) is 0 Å². The number of rotatable bonds is 4. The normalized spacial score (nSPS) is 12.8. The summed E-state index contributed by atoms with van der Waals surface area (Å²) < 4.78 is 37.7. The molecule has 4 nitrogen and oxygen atoms in total. The van der Waals surface area contributed by atoms with Crippen LogP contribution in [-0.4, -0.2) is 20.9 Å². The molecule has 1 rings (SSSR count). The smallest absolute Gasteiger partial charge is 0.435 e. The fourth-order valence-corrected chi connectivity index (χ4v) is 1.20. The number of hydrogen-bond donors (Lipinski definition) is 1. The summed E-state index contributed by atoms with van der Waals surface area (Å²) in [6.07, 6.45) is -1.66. The van der Waals surface area contributed by atoms with Crippen molar-refractivity contribution < 1.29 is 23.1 Å². The quantitative estimate of drug-likeness (QED) is 0.832. The molecule has 0 saturated carbocycles. The van der Waals surface area contributed by atoms with Crippen LogP contribution >= 0.6 is 0 Å². The predicted molar refractivity (Wildman–Crippen MR) is 53.2 cm³/mol. The Labute approximate surface area is 95.4 Å². The Balaban J connectivity index is 2.77. The van der Waals surface area contributed by atoms with Crippen LogP contribution in [0.25, 0.3) is 0 Å². The summed E-state index contributed by atoms with van der Waals surface area (Å²) in [5.41, 5.74) is -0.840. The van der Waals surface area contributed by atoms with Crippen LogP contribution in [0, 0.1) is 0 Å². The second-order valence-corrected chi connectivity index (χ2v) is 3.31. The van der Waals surface area contributed by atoms with Crippen molar-refractivity contribution in [2.45, 2.75) is 26.1 Å². The summed E-state index contributed by atoms with van der Waals surface area (Å²) in [6.45, 7) is 1.66. The first-order valence-corrected chi connectivity index (χ1v) is 4.87. The molecule has 0 aliphatic heterocycles. The third-order valence-corrected chi connectivity index (χ3v) is 2.11. The molecule has 17 heavy (non-hydrogen) atoms. The van der Waals surface area contributed by atoms with Crippen molar-refractivity contribution in [3.05, 3.63) is 29.6 Å². The number of nitrogens with zero attached hydrogens (tertiary/aromatic N) is 2. The van der Waals surface area contributed by atoms with Crippen LogP contribution in [0.5, 0.6) is 0 Å². The zero-order chi connectivity index (χ0) is 13.1. The van der Waals surface area contributed by atoms with E-state index >= 15 is 0 Å². The van der Waals surface area contributed by atoms with Gasteiger partial charge in [0.25, 0.3) is 0 Å². The Hall–Kier alpha value is -1.79. The van der Waals surface area contributed by atoms with Gasteiger partial charge in [0.05, 0.1) is 6.54 Å². The highest BCUT2D eigenvalue weighted by Crippen LogP contribution is 2.27. The molecule has 7 heteroatoms. The molecule has 1 N–H and O–H groups in total. The number of alkyl halides is 3. The van der Waals surface area contributed by atoms with Crippen molar-refractivity contribution >= 4 is 5.97 Å². The minimum atomic E-state index is -4.48. The van der Waals surface area contributed by atoms with Crippen molar-refractivity contribution in [3.8, 4) is 0 Å². The topological polar surface area (TPSA) is 55.1 Å². The van der Waals surface area contributed by atoms with Crippen LogP contribution in [0.4, 0.5) is 13.2 Å². The molecule has 0 aliphatic carbocycles. The van der Waals surface area contributed by atoms with E-state index in [0.717, 1.165) is 16.9 Å². The van der Waals surface area contributed by atoms with E-state index in [1.807, 2.05) is 0 Å². The predicted octanol–water partition coefficient (Wildman–Crippen LogP) is 2.32. The highest BCUT2D eigenvalue weighted by Gasteiger charge is 2.33. The number of allylic oxidation sites excluding steroid dienone is 1. The van der Waals surface area contributed by atoms with Gasteiger partial charge in [0, 0.05) is 11.8 Å². The van der Waals surface area contributed by atoms with Crippen LogP contribution in [0.15, 0.2) is 23.9 Å². The van der Waals surface area contributed by atoms with Gasteiger partial charge in [-0.25, -0.2) is 4.79 Å². The number of hydrogen-bond acceptors (Lipinski definition) is 2. The molecule has 1 aromatic rings. The van der Waals surface area contributed by atoms with Gasteiger partial charge in [0.15, 0.2) is 5.69 Å². The molecule has 94 valence electrons. The monoisotopic (exact) mass is 248 g/mol. The second-order valence-electron chi connectivity index (χ2n) is 3.31. The van der Waals surface area contributed by atoms with Gasteiger partial charge in [-0.2, -0.15) is 18.3 Å². The summed E-state index contributed by atoms with van der Waals surface area (Å²) in [5, 5.41) is 12.0. The van der Waals surface area contributed by atoms with Crippen LogP contribution in [-0.2, 0) is 17.5 Å². The minimum absolute atomic E-state index is 0.00551. The van der Waals surface area contributed by atoms with Gasteiger partial charge >= 0.3 is 12.1 Å². The summed E-state index contributed by atoms with van der Waals surface area (Å²) in [7, 11) is 0. The third-order valence-electron chi connectivity index (χ3n) is 2.11. The first kappa shape index (κ1) is 13.3. The maximum absolute atomic E-state index is 12.2. The number of aliphatic carboxylic acids is 1. The van der Waals surface area contributed by atoms with E-state index in [9.17, 15) is 18.0 Å². The molecule has 0 spiro atoms. The molecular weight excluding hydrogens is 237 g/mol. The number of carboxylic acids is 1. The van der Waals surface area contributed by atoms with Crippen molar-refractivity contribution in [3.63, 3.8) is 0 Å². The molecule has 0 amide bonds. The Bertz CT molecular complexity index is 435. The Kier molecular flexibility index (Phi) is 3.93. The van der Waals surface area contributed by atoms with E-state index in [4.69, 9.17) is 5.11 Å². The second kappa shape index (κ2) is 5.03. The molecule has 0 radical (unpaired) electrons. The van der Waals surface area contributed by atoms with Gasteiger partial charge in [-0.15, -0.1) is 0 Å². The number of aromatic nitrogens is 2. The lowest BCUT2D eigenvalue weighted by atomic mass is 10.2. The minimum Gasteiger partial charge on any atom is -0.478 e. The molecule has 0 atom stereocenters. The molecule has 0 aliphatic rings. The maximum Gasteiger partial charge on any atom is 0.435 e. The van der Waals surface area contributed by atoms with E-state index < -0.39 is 17.8 Å². The Morgan fingerprint density at radius 3 is 2.65 bits per heavy atom. The van der Waals surface area contributed by atoms with Crippen LogP contribution < -0.4 is 0 Å². The van der Waals surface area contributed by atoms with Gasteiger partial charge < -0.3 is 5.11 Å². The largest absolute Gasteiger partial charge is 0.478 e. The Morgan fingerprint density at radius 1 is 1.59 bits per heavy atom. The highest BCUT2D eigenvalue weighted by molar-refractivity contribution is 5.86. The zero-order valence-corrected chi connectivity index (χ0v) is 9.03. The average molecular weight is 248 g/mol. The summed E-state index contributed by atoms with van der Waals surface area (Å²) in [4.78, 5) is 10.6. The van der Waals surface area contributed by atoms with Crippen molar-refractivity contribution in [1.82, 2.24) is 9.78 Å². The molecule has 1 aromatic heterocycles. The number of carbonyl (C=O) groups is 1. The van der Waals surface area contributed by atoms with Crippen molar-refractivity contribution in [2.24, 2.45) is 0 Å². The van der Waals surface area contributed by atoms with Gasteiger partial charge in [-0.05, 0) is 12.5 Å². The van der Waals surface area contributed by atoms with Gasteiger partial charge in [0.1, 0.15) is 0 Å². The fraction of sp³-hybridized carbons (Fsp3) is 0.400. The van der Waals surface area contributed by atoms with Crippen LogP contribution in [0.1, 0.15) is 19.0 Å². The molecule has 0 fully saturated rings. The lowest BCUT2D eigenvalue weighted by Gasteiger charge is -2.01. The molecular formula is C10H11F3N2O2. The van der Waals surface area contributed by atoms with Crippen LogP contribution in [0.3, 0.4) is 0 Å². The number of carboxylic acid groups (broad SMARTS) is 1. The number of halogens is 3. The van der Waals surface area contributed by atoms with Crippen molar-refractivity contribution in [2.75, 3.05) is 0 Å². The molecule has 0 aromatic carbocycles. The third kappa shape index (κ3) is 3.61. The van der Waals surface area contributed by atoms with E-state index in [-0.39, 0.29) is 12.1 Å². The van der Waals surface area contributed by atoms with Crippen LogP contribution in [0.2, 0.25) is 0 Å². The molecule has 0 saturated heterocycles. The lowest BCUT2D eigenvalue weighted by Crippen LogP contribution is -2.08. The standard InChI is InChI=1S/C10H11F3N2O2/c1-2-7(9(16)17)3-5-15-6-4-8(14-15)10(11,12)13/h3-4,6H,2,5H2,1H3,(H,16,17). The highest BCUT2D eigenvalue weighted by atomic mass is 19.4. The van der Waals surface area contributed by atoms with E-state index in [1.165, 1.54) is 6.08 Å². The summed E-state index contributed by atoms with van der Waals surface area (Å²) in [5.74, 6) is -1.07. The first-order valence-electron chi connectivity index (χ1n) is 4.87. The van der Waals surface area contributed by atoms with Gasteiger partial charge in [-0.3, -0.25) is 4.68 Å². The molecule has 0 unspecified atom stereocenters. The van der Waals surface area contributed by atoms with Gasteiger partial charge in [-0.1, -0.05) is 13.0 Å². The molecule has 0 bridgehead atoms. The lowest BCUT2D eigenvalue weighted by molar-refractivity contribution is -0.141.